The van der Waals surface area contributed by atoms with Crippen molar-refractivity contribution in [3.8, 4) is 0 Å². The summed E-state index contributed by atoms with van der Waals surface area (Å²) in [7, 11) is 0. The molecule has 0 aliphatic carbocycles. The molecule has 1 aliphatic rings. The summed E-state index contributed by atoms with van der Waals surface area (Å²) in [6, 6.07) is 8.15. The first-order valence-electron chi connectivity index (χ1n) is 4.06. The first-order valence-corrected chi connectivity index (χ1v) is 5.49. The summed E-state index contributed by atoms with van der Waals surface area (Å²) in [4.78, 5) is 0. The fourth-order valence-electron chi connectivity index (χ4n) is 1.37. The quantitative estimate of drug-likeness (QED) is 0.730. The smallest absolute Gasteiger partial charge is 0.159 e. The van der Waals surface area contributed by atoms with E-state index in [2.05, 4.69) is 17.4 Å². The maximum Gasteiger partial charge on any atom is 0.159 e. The molecule has 1 aromatic rings. The molecule has 0 radical (unpaired) electrons. The normalized spacial score (nSPS) is 22.9. The summed E-state index contributed by atoms with van der Waals surface area (Å²) in [6.07, 6.45) is 0. The molecular formula is C9H11ClNS+. The number of halogens is 1. The highest BCUT2D eigenvalue weighted by Crippen LogP contribution is 2.25. The second kappa shape index (κ2) is 3.69. The Labute approximate surface area is 81.5 Å². The van der Waals surface area contributed by atoms with Crippen LogP contribution < -0.4 is 5.32 Å². The van der Waals surface area contributed by atoms with Crippen LogP contribution in [0, 0.1) is 0 Å². The van der Waals surface area contributed by atoms with Crippen LogP contribution in [0.15, 0.2) is 24.3 Å². The second-order valence-corrected chi connectivity index (χ2v) is 4.55. The van der Waals surface area contributed by atoms with Gasteiger partial charge in [0.15, 0.2) is 5.37 Å². The molecule has 2 N–H and O–H groups in total. The van der Waals surface area contributed by atoms with Crippen molar-refractivity contribution in [1.29, 1.82) is 0 Å². The molecule has 0 spiro atoms. The van der Waals surface area contributed by atoms with Gasteiger partial charge in [0.05, 0.1) is 6.54 Å². The van der Waals surface area contributed by atoms with Gasteiger partial charge in [0.25, 0.3) is 0 Å². The molecular weight excluding hydrogens is 190 g/mol. The summed E-state index contributed by atoms with van der Waals surface area (Å²) < 4.78 is 0. The fourth-order valence-corrected chi connectivity index (χ4v) is 2.64. The van der Waals surface area contributed by atoms with Crippen molar-refractivity contribution in [2.24, 2.45) is 0 Å². The number of hydrogen-bond acceptors (Lipinski definition) is 1. The van der Waals surface area contributed by atoms with Crippen LogP contribution in [0.25, 0.3) is 0 Å². The van der Waals surface area contributed by atoms with Crippen molar-refractivity contribution in [3.05, 3.63) is 34.9 Å². The molecule has 0 bridgehead atoms. The zero-order valence-corrected chi connectivity index (χ0v) is 8.24. The molecule has 1 atom stereocenters. The Kier molecular flexibility index (Phi) is 2.59. The van der Waals surface area contributed by atoms with Crippen LogP contribution in [0.3, 0.4) is 0 Å². The van der Waals surface area contributed by atoms with E-state index in [1.54, 1.807) is 0 Å². The minimum atomic E-state index is 0.599. The Morgan fingerprint density at radius 2 is 2.08 bits per heavy atom. The molecule has 1 aromatic carbocycles. The standard InChI is InChI=1S/C9H10ClNS/c10-8-3-1-7(2-4-8)9-11-5-6-12-9/h1-4,9,11H,5-6H2/p+1. The highest BCUT2D eigenvalue weighted by Gasteiger charge is 2.20. The van der Waals surface area contributed by atoms with Crippen molar-refractivity contribution in [2.75, 3.05) is 12.3 Å². The molecule has 1 heterocycles. The highest BCUT2D eigenvalue weighted by molar-refractivity contribution is 7.99. The molecule has 1 saturated heterocycles. The van der Waals surface area contributed by atoms with Crippen LogP contribution in [-0.4, -0.2) is 12.3 Å². The lowest BCUT2D eigenvalue weighted by Crippen LogP contribution is -2.81. The van der Waals surface area contributed by atoms with Crippen molar-refractivity contribution in [3.63, 3.8) is 0 Å². The van der Waals surface area contributed by atoms with Crippen LogP contribution in [0.4, 0.5) is 0 Å². The minimum Gasteiger partial charge on any atom is -0.331 e. The molecule has 0 saturated carbocycles. The average Bonchev–Trinajstić information content (AvgIpc) is 2.58. The van der Waals surface area contributed by atoms with E-state index in [9.17, 15) is 0 Å². The summed E-state index contributed by atoms with van der Waals surface area (Å²) >= 11 is 7.80. The first-order chi connectivity index (χ1) is 5.86. The van der Waals surface area contributed by atoms with Crippen LogP contribution in [0.5, 0.6) is 0 Å². The van der Waals surface area contributed by atoms with Crippen LogP contribution in [0.2, 0.25) is 5.02 Å². The second-order valence-electron chi connectivity index (χ2n) is 2.87. The lowest BCUT2D eigenvalue weighted by Gasteiger charge is -2.05. The maximum absolute atomic E-state index is 5.80. The van der Waals surface area contributed by atoms with Crippen molar-refractivity contribution < 1.29 is 5.32 Å². The van der Waals surface area contributed by atoms with Crippen molar-refractivity contribution >= 4 is 23.4 Å². The van der Waals surface area contributed by atoms with E-state index in [0.717, 1.165) is 5.02 Å². The third-order valence-corrected chi connectivity index (χ3v) is 3.54. The molecule has 1 nitrogen and oxygen atoms in total. The van der Waals surface area contributed by atoms with Crippen molar-refractivity contribution in [2.45, 2.75) is 5.37 Å². The molecule has 3 heteroatoms. The van der Waals surface area contributed by atoms with Gasteiger partial charge in [0.1, 0.15) is 0 Å². The predicted octanol–water partition coefficient (Wildman–Crippen LogP) is 1.65. The van der Waals surface area contributed by atoms with Crippen LogP contribution >= 0.6 is 23.4 Å². The molecule has 1 unspecified atom stereocenters. The Bertz CT molecular complexity index is 254. The molecule has 0 aromatic heterocycles. The minimum absolute atomic E-state index is 0.599. The van der Waals surface area contributed by atoms with Gasteiger partial charge in [0, 0.05) is 16.3 Å². The van der Waals surface area contributed by atoms with E-state index >= 15 is 0 Å². The number of benzene rings is 1. The zero-order chi connectivity index (χ0) is 8.39. The molecule has 1 fully saturated rings. The third kappa shape index (κ3) is 1.76. The number of thioether (sulfide) groups is 1. The Morgan fingerprint density at radius 1 is 1.33 bits per heavy atom. The largest absolute Gasteiger partial charge is 0.331 e. The number of quaternary nitrogens is 1. The van der Waals surface area contributed by atoms with Gasteiger partial charge in [0.2, 0.25) is 0 Å². The Balaban J connectivity index is 2.17. The summed E-state index contributed by atoms with van der Waals surface area (Å²) in [5.74, 6) is 1.26. The van der Waals surface area contributed by atoms with E-state index in [1.165, 1.54) is 17.9 Å². The SMILES string of the molecule is Clc1ccc(C2[NH2+]CCS2)cc1. The molecule has 1 aliphatic heterocycles. The van der Waals surface area contributed by atoms with E-state index in [0.29, 0.717) is 5.37 Å². The zero-order valence-electron chi connectivity index (χ0n) is 6.66. The lowest BCUT2D eigenvalue weighted by molar-refractivity contribution is -0.663. The first kappa shape index (κ1) is 8.42. The summed E-state index contributed by atoms with van der Waals surface area (Å²) in [5, 5.41) is 3.79. The number of rotatable bonds is 1. The third-order valence-electron chi connectivity index (χ3n) is 1.99. The molecule has 12 heavy (non-hydrogen) atoms. The van der Waals surface area contributed by atoms with Gasteiger partial charge in [-0.15, -0.1) is 0 Å². The van der Waals surface area contributed by atoms with Gasteiger partial charge in [-0.05, 0) is 12.1 Å². The van der Waals surface area contributed by atoms with Gasteiger partial charge in [-0.25, -0.2) is 0 Å². The van der Waals surface area contributed by atoms with Gasteiger partial charge in [-0.3, -0.25) is 0 Å². The van der Waals surface area contributed by atoms with Crippen LogP contribution in [-0.2, 0) is 0 Å². The molecule has 2 rings (SSSR count). The fraction of sp³-hybridized carbons (Fsp3) is 0.333. The Hall–Kier alpha value is -0.180. The summed E-state index contributed by atoms with van der Waals surface area (Å²) in [6.45, 7) is 1.23. The molecule has 64 valence electrons. The van der Waals surface area contributed by atoms with E-state index in [-0.39, 0.29) is 0 Å². The van der Waals surface area contributed by atoms with Gasteiger partial charge in [-0.1, -0.05) is 35.5 Å². The number of nitrogens with two attached hydrogens (primary N) is 1. The van der Waals surface area contributed by atoms with Gasteiger partial charge in [-0.2, -0.15) is 0 Å². The lowest BCUT2D eigenvalue weighted by atomic mass is 10.2. The predicted molar refractivity (Wildman–Crippen MR) is 53.4 cm³/mol. The monoisotopic (exact) mass is 200 g/mol. The van der Waals surface area contributed by atoms with Gasteiger partial charge < -0.3 is 5.32 Å². The van der Waals surface area contributed by atoms with Crippen molar-refractivity contribution in [1.82, 2.24) is 0 Å². The Morgan fingerprint density at radius 3 is 2.67 bits per heavy atom. The van der Waals surface area contributed by atoms with Gasteiger partial charge >= 0.3 is 0 Å². The highest BCUT2D eigenvalue weighted by atomic mass is 35.5. The average molecular weight is 201 g/mol. The van der Waals surface area contributed by atoms with E-state index in [4.69, 9.17) is 11.6 Å². The maximum atomic E-state index is 5.80. The topological polar surface area (TPSA) is 16.6 Å². The van der Waals surface area contributed by atoms with Crippen LogP contribution in [0.1, 0.15) is 10.9 Å². The van der Waals surface area contributed by atoms with E-state index < -0.39 is 0 Å². The molecule has 0 amide bonds. The number of hydrogen-bond donors (Lipinski definition) is 1. The van der Waals surface area contributed by atoms with E-state index in [1.807, 2.05) is 23.9 Å². The summed E-state index contributed by atoms with van der Waals surface area (Å²) in [5.41, 5.74) is 1.38.